The van der Waals surface area contributed by atoms with Crippen LogP contribution in [0.5, 0.6) is 0 Å². The van der Waals surface area contributed by atoms with Crippen molar-refractivity contribution in [2.24, 2.45) is 0 Å². The van der Waals surface area contributed by atoms with E-state index >= 15 is 0 Å². The molecule has 1 amide bonds. The van der Waals surface area contributed by atoms with Crippen molar-refractivity contribution in [3.8, 4) is 0 Å². The third kappa shape index (κ3) is 2.55. The molecule has 0 aromatic heterocycles. The van der Waals surface area contributed by atoms with Gasteiger partial charge in [-0.1, -0.05) is 6.07 Å². The first-order valence-corrected chi connectivity index (χ1v) is 6.51. The lowest BCUT2D eigenvalue weighted by Crippen LogP contribution is -2.37. The van der Waals surface area contributed by atoms with Crippen molar-refractivity contribution >= 4 is 5.91 Å². The van der Waals surface area contributed by atoms with E-state index in [9.17, 15) is 9.18 Å². The highest BCUT2D eigenvalue weighted by molar-refractivity contribution is 5.73. The molecule has 0 saturated carbocycles. The minimum Gasteiger partial charge on any atom is -0.342 e. The predicted molar refractivity (Wildman–Crippen MR) is 70.1 cm³/mol. The number of benzene rings is 1. The Labute approximate surface area is 108 Å². The number of carbonyl (C=O) groups excluding carboxylic acids is 1. The van der Waals surface area contributed by atoms with Gasteiger partial charge in [0, 0.05) is 25.9 Å². The molecule has 1 unspecified atom stereocenters. The Morgan fingerprint density at radius 2 is 2.11 bits per heavy atom. The summed E-state index contributed by atoms with van der Waals surface area (Å²) in [6.07, 6.45) is 2.03. The number of aryl methyl sites for hydroxylation is 1. The average molecular weight is 249 g/mol. The highest BCUT2D eigenvalue weighted by atomic mass is 19.1. The van der Waals surface area contributed by atoms with Crippen LogP contribution >= 0.6 is 0 Å². The zero-order valence-electron chi connectivity index (χ0n) is 11.3. The predicted octanol–water partition coefficient (Wildman–Crippen LogP) is 3.17. The Kier molecular flexibility index (Phi) is 3.69. The summed E-state index contributed by atoms with van der Waals surface area (Å²) in [4.78, 5) is 13.3. The topological polar surface area (TPSA) is 20.3 Å². The van der Waals surface area contributed by atoms with Gasteiger partial charge in [-0.15, -0.1) is 0 Å². The van der Waals surface area contributed by atoms with Crippen molar-refractivity contribution in [3.63, 3.8) is 0 Å². The summed E-state index contributed by atoms with van der Waals surface area (Å²) in [5, 5.41) is 0. The first kappa shape index (κ1) is 13.1. The number of piperidine rings is 1. The summed E-state index contributed by atoms with van der Waals surface area (Å²) in [5.74, 6) is 0.255. The van der Waals surface area contributed by atoms with Gasteiger partial charge >= 0.3 is 0 Å². The van der Waals surface area contributed by atoms with Crippen molar-refractivity contribution in [1.29, 1.82) is 0 Å². The van der Waals surface area contributed by atoms with Crippen molar-refractivity contribution in [3.05, 3.63) is 34.6 Å². The van der Waals surface area contributed by atoms with Crippen LogP contribution in [0.1, 0.15) is 42.4 Å². The fraction of sp³-hybridized carbons (Fsp3) is 0.533. The van der Waals surface area contributed by atoms with Crippen LogP contribution in [0.25, 0.3) is 0 Å². The Morgan fingerprint density at radius 3 is 2.72 bits per heavy atom. The molecule has 98 valence electrons. The quantitative estimate of drug-likeness (QED) is 0.748. The maximum Gasteiger partial charge on any atom is 0.219 e. The van der Waals surface area contributed by atoms with Crippen LogP contribution in [0.15, 0.2) is 12.1 Å². The van der Waals surface area contributed by atoms with Gasteiger partial charge in [0.2, 0.25) is 5.91 Å². The minimum absolute atomic E-state index is 0.115. The van der Waals surface area contributed by atoms with E-state index in [4.69, 9.17) is 0 Å². The molecule has 1 aromatic carbocycles. The lowest BCUT2D eigenvalue weighted by Gasteiger charge is -2.32. The zero-order chi connectivity index (χ0) is 13.3. The molecule has 0 aliphatic carbocycles. The van der Waals surface area contributed by atoms with E-state index in [1.807, 2.05) is 11.8 Å². The summed E-state index contributed by atoms with van der Waals surface area (Å²) in [7, 11) is 0. The van der Waals surface area contributed by atoms with Gasteiger partial charge in [0.1, 0.15) is 5.82 Å². The monoisotopic (exact) mass is 249 g/mol. The van der Waals surface area contributed by atoms with Crippen LogP contribution in [0, 0.1) is 19.7 Å². The number of halogens is 1. The zero-order valence-corrected chi connectivity index (χ0v) is 11.3. The molecule has 3 heteroatoms. The molecule has 0 radical (unpaired) electrons. The van der Waals surface area contributed by atoms with Crippen molar-refractivity contribution < 1.29 is 9.18 Å². The molecule has 18 heavy (non-hydrogen) atoms. The van der Waals surface area contributed by atoms with E-state index in [0.717, 1.165) is 42.6 Å². The number of amides is 1. The smallest absolute Gasteiger partial charge is 0.219 e. The standard InChI is InChI=1S/C15H20FNO/c1-10-7-14(8-15(16)11(10)2)13-5-4-6-17(9-13)12(3)18/h7-8,13H,4-6,9H2,1-3H3. The molecule has 1 aliphatic rings. The molecular weight excluding hydrogens is 229 g/mol. The van der Waals surface area contributed by atoms with Crippen LogP contribution in [0.4, 0.5) is 4.39 Å². The normalized spacial score (nSPS) is 20.0. The van der Waals surface area contributed by atoms with Crippen molar-refractivity contribution in [2.45, 2.75) is 39.5 Å². The van der Waals surface area contributed by atoms with Crippen LogP contribution in [-0.4, -0.2) is 23.9 Å². The van der Waals surface area contributed by atoms with Crippen molar-refractivity contribution in [2.75, 3.05) is 13.1 Å². The number of likely N-dealkylation sites (tertiary alicyclic amines) is 1. The van der Waals surface area contributed by atoms with Crippen LogP contribution in [0.3, 0.4) is 0 Å². The Hall–Kier alpha value is -1.38. The SMILES string of the molecule is CC(=O)N1CCCC(c2cc(C)c(C)c(F)c2)C1. The molecule has 0 spiro atoms. The number of rotatable bonds is 1. The summed E-state index contributed by atoms with van der Waals surface area (Å²) in [5.41, 5.74) is 2.74. The largest absolute Gasteiger partial charge is 0.342 e. The molecular formula is C15H20FNO. The van der Waals surface area contributed by atoms with E-state index in [2.05, 4.69) is 6.07 Å². The maximum atomic E-state index is 13.8. The highest BCUT2D eigenvalue weighted by Gasteiger charge is 2.23. The summed E-state index contributed by atoms with van der Waals surface area (Å²) in [6, 6.07) is 3.70. The second-order valence-electron chi connectivity index (χ2n) is 5.25. The van der Waals surface area contributed by atoms with E-state index in [1.54, 1.807) is 19.9 Å². The van der Waals surface area contributed by atoms with E-state index in [1.165, 1.54) is 0 Å². The van der Waals surface area contributed by atoms with E-state index in [-0.39, 0.29) is 17.6 Å². The first-order valence-electron chi connectivity index (χ1n) is 6.51. The van der Waals surface area contributed by atoms with Crippen LogP contribution in [0.2, 0.25) is 0 Å². The van der Waals surface area contributed by atoms with Crippen LogP contribution in [-0.2, 0) is 4.79 Å². The Morgan fingerprint density at radius 1 is 1.39 bits per heavy atom. The molecule has 1 atom stereocenters. The van der Waals surface area contributed by atoms with Crippen LogP contribution < -0.4 is 0 Å². The summed E-state index contributed by atoms with van der Waals surface area (Å²) >= 11 is 0. The van der Waals surface area contributed by atoms with Gasteiger partial charge in [0.25, 0.3) is 0 Å². The third-order valence-electron chi connectivity index (χ3n) is 3.96. The lowest BCUT2D eigenvalue weighted by atomic mass is 9.88. The Bertz CT molecular complexity index is 447. The molecule has 1 aliphatic heterocycles. The molecule has 2 rings (SSSR count). The van der Waals surface area contributed by atoms with Gasteiger partial charge in [-0.2, -0.15) is 0 Å². The lowest BCUT2D eigenvalue weighted by molar-refractivity contribution is -0.130. The molecule has 1 saturated heterocycles. The summed E-state index contributed by atoms with van der Waals surface area (Å²) < 4.78 is 13.8. The van der Waals surface area contributed by atoms with Gasteiger partial charge in [0.15, 0.2) is 0 Å². The maximum absolute atomic E-state index is 13.8. The number of hydrogen-bond donors (Lipinski definition) is 0. The molecule has 1 heterocycles. The fourth-order valence-electron chi connectivity index (χ4n) is 2.61. The molecule has 1 aromatic rings. The summed E-state index contributed by atoms with van der Waals surface area (Å²) in [6.45, 7) is 6.89. The molecule has 2 nitrogen and oxygen atoms in total. The molecule has 1 fully saturated rings. The van der Waals surface area contributed by atoms with Gasteiger partial charge in [-0.3, -0.25) is 4.79 Å². The fourth-order valence-corrected chi connectivity index (χ4v) is 2.61. The second-order valence-corrected chi connectivity index (χ2v) is 5.25. The first-order chi connectivity index (χ1) is 8.49. The van der Waals surface area contributed by atoms with E-state index < -0.39 is 0 Å². The number of carbonyl (C=O) groups is 1. The van der Waals surface area contributed by atoms with Crippen molar-refractivity contribution in [1.82, 2.24) is 4.90 Å². The van der Waals surface area contributed by atoms with E-state index in [0.29, 0.717) is 0 Å². The minimum atomic E-state index is -0.134. The number of nitrogens with zero attached hydrogens (tertiary/aromatic N) is 1. The third-order valence-corrected chi connectivity index (χ3v) is 3.96. The van der Waals surface area contributed by atoms with Gasteiger partial charge in [-0.25, -0.2) is 4.39 Å². The number of hydrogen-bond acceptors (Lipinski definition) is 1. The van der Waals surface area contributed by atoms with Gasteiger partial charge in [-0.05, 0) is 49.4 Å². The highest BCUT2D eigenvalue weighted by Crippen LogP contribution is 2.29. The van der Waals surface area contributed by atoms with Gasteiger partial charge < -0.3 is 4.90 Å². The average Bonchev–Trinajstić information content (AvgIpc) is 2.35. The Balaban J connectivity index is 2.23. The second kappa shape index (κ2) is 5.09. The molecule has 0 bridgehead atoms. The molecule has 0 N–H and O–H groups in total. The van der Waals surface area contributed by atoms with Gasteiger partial charge in [0.05, 0.1) is 0 Å².